The van der Waals surface area contributed by atoms with E-state index in [1.165, 1.54) is 5.01 Å². The van der Waals surface area contributed by atoms with E-state index >= 15 is 0 Å². The molecule has 5 N–H and O–H groups in total. The van der Waals surface area contributed by atoms with E-state index in [9.17, 15) is 0 Å². The lowest BCUT2D eigenvalue weighted by Crippen LogP contribution is -2.33. The maximum absolute atomic E-state index is 5.72. The number of hydrazine groups is 1. The first-order valence-electron chi connectivity index (χ1n) is 4.05. The number of aromatic amines is 2. The van der Waals surface area contributed by atoms with Crippen LogP contribution in [-0.4, -0.2) is 35.5 Å². The predicted molar refractivity (Wildman–Crippen MR) is 53.8 cm³/mol. The first-order chi connectivity index (χ1) is 6.25. The van der Waals surface area contributed by atoms with Crippen LogP contribution in [0.1, 0.15) is 6.42 Å². The summed E-state index contributed by atoms with van der Waals surface area (Å²) in [4.78, 5) is 0. The number of aromatic nitrogens is 3. The second-order valence-electron chi connectivity index (χ2n) is 2.65. The van der Waals surface area contributed by atoms with Crippen LogP contribution in [0.3, 0.4) is 0 Å². The minimum atomic E-state index is 0.534. The van der Waals surface area contributed by atoms with E-state index in [2.05, 4.69) is 20.7 Å². The molecule has 1 aromatic rings. The van der Waals surface area contributed by atoms with Gasteiger partial charge in [0.2, 0.25) is 5.82 Å². The summed E-state index contributed by atoms with van der Waals surface area (Å²) in [5.41, 5.74) is 0. The van der Waals surface area contributed by atoms with Crippen molar-refractivity contribution in [3.63, 3.8) is 0 Å². The monoisotopic (exact) mass is 202 g/mol. The van der Waals surface area contributed by atoms with E-state index in [4.69, 9.17) is 18.1 Å². The highest BCUT2D eigenvalue weighted by Gasteiger charge is 2.05. The van der Waals surface area contributed by atoms with Crippen molar-refractivity contribution in [3.05, 3.63) is 4.64 Å². The summed E-state index contributed by atoms with van der Waals surface area (Å²) < 4.78 is 0.534. The molecule has 0 aliphatic heterocycles. The van der Waals surface area contributed by atoms with Crippen molar-refractivity contribution >= 4 is 18.0 Å². The maximum atomic E-state index is 5.72. The minimum Gasteiger partial charge on any atom is -0.320 e. The van der Waals surface area contributed by atoms with E-state index < -0.39 is 0 Å². The van der Waals surface area contributed by atoms with Gasteiger partial charge < -0.3 is 5.32 Å². The Morgan fingerprint density at radius 1 is 1.69 bits per heavy atom. The van der Waals surface area contributed by atoms with Crippen molar-refractivity contribution in [3.8, 4) is 0 Å². The number of rotatable bonds is 5. The molecule has 0 saturated heterocycles. The molecule has 0 spiro atoms. The third-order valence-corrected chi connectivity index (χ3v) is 1.92. The summed E-state index contributed by atoms with van der Waals surface area (Å²) in [6.07, 6.45) is 0.953. The van der Waals surface area contributed by atoms with E-state index in [-0.39, 0.29) is 0 Å². The van der Waals surface area contributed by atoms with Crippen LogP contribution in [0.15, 0.2) is 0 Å². The molecule has 1 heterocycles. The third kappa shape index (κ3) is 2.79. The number of H-pyrrole nitrogens is 2. The fourth-order valence-electron chi connectivity index (χ4n) is 0.965. The largest absolute Gasteiger partial charge is 0.320 e. The van der Waals surface area contributed by atoms with Crippen LogP contribution < -0.4 is 16.2 Å². The molecule has 0 bridgehead atoms. The number of nitrogens with one attached hydrogen (secondary N) is 3. The van der Waals surface area contributed by atoms with Gasteiger partial charge in [-0.15, -0.1) is 5.10 Å². The number of hydrogen-bond donors (Lipinski definition) is 4. The highest BCUT2D eigenvalue weighted by molar-refractivity contribution is 7.71. The summed E-state index contributed by atoms with van der Waals surface area (Å²) in [6, 6.07) is 0. The molecule has 0 aromatic carbocycles. The summed E-state index contributed by atoms with van der Waals surface area (Å²) in [5, 5.41) is 13.7. The smallest absolute Gasteiger partial charge is 0.200 e. The summed E-state index contributed by atoms with van der Waals surface area (Å²) in [7, 11) is 1.90. The SMILES string of the molecule is CNCCCN(N)c1n[nH][nH]c1=S. The zero-order chi connectivity index (χ0) is 9.68. The molecule has 7 heteroatoms. The molecule has 0 fully saturated rings. The Bertz CT molecular complexity index is 291. The summed E-state index contributed by atoms with van der Waals surface area (Å²) in [6.45, 7) is 1.65. The molecular formula is C6H14N6S. The predicted octanol–water partition coefficient (Wildman–Crippen LogP) is -0.243. The average Bonchev–Trinajstić information content (AvgIpc) is 2.52. The molecule has 0 amide bonds. The molecule has 0 aliphatic carbocycles. The van der Waals surface area contributed by atoms with Gasteiger partial charge in [0.1, 0.15) is 0 Å². The molecule has 13 heavy (non-hydrogen) atoms. The third-order valence-electron chi connectivity index (χ3n) is 1.63. The van der Waals surface area contributed by atoms with Gasteiger partial charge in [0.15, 0.2) is 4.64 Å². The Morgan fingerprint density at radius 2 is 2.46 bits per heavy atom. The van der Waals surface area contributed by atoms with Gasteiger partial charge in [-0.05, 0) is 20.0 Å². The van der Waals surface area contributed by atoms with E-state index in [0.717, 1.165) is 19.5 Å². The fraction of sp³-hybridized carbons (Fsp3) is 0.667. The lowest BCUT2D eigenvalue weighted by molar-refractivity contribution is 0.690. The molecule has 0 unspecified atom stereocenters. The van der Waals surface area contributed by atoms with Gasteiger partial charge in [0, 0.05) is 6.54 Å². The van der Waals surface area contributed by atoms with Gasteiger partial charge >= 0.3 is 0 Å². The minimum absolute atomic E-state index is 0.534. The van der Waals surface area contributed by atoms with Gasteiger partial charge in [-0.3, -0.25) is 10.1 Å². The van der Waals surface area contributed by atoms with Crippen LogP contribution in [-0.2, 0) is 0 Å². The lowest BCUT2D eigenvalue weighted by atomic mass is 10.4. The molecule has 0 atom stereocenters. The highest BCUT2D eigenvalue weighted by atomic mass is 32.1. The van der Waals surface area contributed by atoms with Crippen LogP contribution in [0, 0.1) is 4.64 Å². The quantitative estimate of drug-likeness (QED) is 0.229. The van der Waals surface area contributed by atoms with Gasteiger partial charge in [-0.25, -0.2) is 11.1 Å². The molecule has 0 saturated carbocycles. The number of nitrogens with zero attached hydrogens (tertiary/aromatic N) is 2. The zero-order valence-corrected chi connectivity index (χ0v) is 8.32. The Kier molecular flexibility index (Phi) is 3.87. The van der Waals surface area contributed by atoms with Crippen molar-refractivity contribution in [2.24, 2.45) is 5.84 Å². The highest BCUT2D eigenvalue weighted by Crippen LogP contribution is 2.05. The van der Waals surface area contributed by atoms with E-state index in [0.29, 0.717) is 10.5 Å². The molecule has 74 valence electrons. The average molecular weight is 202 g/mol. The summed E-state index contributed by atoms with van der Waals surface area (Å²) in [5.74, 6) is 6.31. The normalized spacial score (nSPS) is 10.3. The second kappa shape index (κ2) is 4.95. The number of anilines is 1. The van der Waals surface area contributed by atoms with Crippen LogP contribution in [0.5, 0.6) is 0 Å². The van der Waals surface area contributed by atoms with Crippen LogP contribution >= 0.6 is 12.2 Å². The van der Waals surface area contributed by atoms with Crippen molar-refractivity contribution in [2.75, 3.05) is 25.1 Å². The van der Waals surface area contributed by atoms with Gasteiger partial charge in [0.05, 0.1) is 0 Å². The Hall–Kier alpha value is -0.920. The first kappa shape index (κ1) is 10.2. The number of hydrogen-bond acceptors (Lipinski definition) is 5. The molecular weight excluding hydrogens is 188 g/mol. The molecule has 6 nitrogen and oxygen atoms in total. The topological polar surface area (TPSA) is 85.8 Å². The number of nitrogens with two attached hydrogens (primary N) is 1. The van der Waals surface area contributed by atoms with E-state index in [1.54, 1.807) is 0 Å². The first-order valence-corrected chi connectivity index (χ1v) is 4.46. The van der Waals surface area contributed by atoms with Crippen LogP contribution in [0.4, 0.5) is 5.82 Å². The van der Waals surface area contributed by atoms with E-state index in [1.807, 2.05) is 7.05 Å². The van der Waals surface area contributed by atoms with Crippen molar-refractivity contribution in [1.29, 1.82) is 0 Å². The van der Waals surface area contributed by atoms with Gasteiger partial charge in [0.25, 0.3) is 0 Å². The molecule has 1 rings (SSSR count). The Balaban J connectivity index is 2.44. The Morgan fingerprint density at radius 3 is 3.00 bits per heavy atom. The van der Waals surface area contributed by atoms with Crippen LogP contribution in [0.25, 0.3) is 0 Å². The standard InChI is InChI=1S/C6H14N6S/c1-8-3-2-4-12(7)5-6(13)10-11-9-5/h8H,2-4,7H2,1H3,(H2,9,10,11,13). The van der Waals surface area contributed by atoms with Crippen molar-refractivity contribution in [1.82, 2.24) is 20.7 Å². The van der Waals surface area contributed by atoms with Crippen molar-refractivity contribution < 1.29 is 0 Å². The molecule has 1 aromatic heterocycles. The van der Waals surface area contributed by atoms with Crippen LogP contribution in [0.2, 0.25) is 0 Å². The fourth-order valence-corrected chi connectivity index (χ4v) is 1.17. The van der Waals surface area contributed by atoms with Crippen molar-refractivity contribution in [2.45, 2.75) is 6.42 Å². The summed E-state index contributed by atoms with van der Waals surface area (Å²) >= 11 is 4.95. The van der Waals surface area contributed by atoms with Gasteiger partial charge in [-0.2, -0.15) is 0 Å². The lowest BCUT2D eigenvalue weighted by Gasteiger charge is -2.13. The molecule has 0 aliphatic rings. The second-order valence-corrected chi connectivity index (χ2v) is 3.06. The van der Waals surface area contributed by atoms with Gasteiger partial charge in [-0.1, -0.05) is 12.2 Å². The maximum Gasteiger partial charge on any atom is 0.200 e. The zero-order valence-electron chi connectivity index (χ0n) is 7.50. The Labute approximate surface area is 81.5 Å². The molecule has 0 radical (unpaired) electrons.